The molecule has 1 aromatic carbocycles. The highest BCUT2D eigenvalue weighted by molar-refractivity contribution is 7.99. The topological polar surface area (TPSA) is 49.4 Å². The number of benzene rings is 1. The predicted octanol–water partition coefficient (Wildman–Crippen LogP) is 2.86. The Morgan fingerprint density at radius 3 is 2.29 bits per heavy atom. The lowest BCUT2D eigenvalue weighted by Gasteiger charge is -2.27. The first-order chi connectivity index (χ1) is 9.96. The fourth-order valence-electron chi connectivity index (χ4n) is 2.64. The second kappa shape index (κ2) is 7.03. The molecule has 0 saturated carbocycles. The normalized spacial score (nSPS) is 16.9. The molecule has 0 aromatic heterocycles. The number of thioether (sulfide) groups is 1. The fraction of sp³-hybridized carbons (Fsp3) is 0.600. The van der Waals surface area contributed by atoms with Crippen LogP contribution in [0.1, 0.15) is 24.5 Å². The maximum absolute atomic E-state index is 12.9. The van der Waals surface area contributed by atoms with Gasteiger partial charge in [-0.2, -0.15) is 16.1 Å². The predicted molar refractivity (Wildman–Crippen MR) is 90.8 cm³/mol. The van der Waals surface area contributed by atoms with Crippen LogP contribution in [0.4, 0.5) is 5.69 Å². The summed E-state index contributed by atoms with van der Waals surface area (Å²) in [5.41, 5.74) is 2.65. The van der Waals surface area contributed by atoms with Crippen LogP contribution in [0.2, 0.25) is 0 Å². The quantitative estimate of drug-likeness (QED) is 0.903. The van der Waals surface area contributed by atoms with Crippen molar-refractivity contribution in [3.63, 3.8) is 0 Å². The molecule has 0 aliphatic carbocycles. The summed E-state index contributed by atoms with van der Waals surface area (Å²) >= 11 is 1.81. The molecule has 1 aliphatic rings. The van der Waals surface area contributed by atoms with Crippen molar-refractivity contribution in [1.82, 2.24) is 4.31 Å². The minimum atomic E-state index is -3.37. The second-order valence-electron chi connectivity index (χ2n) is 5.38. The Morgan fingerprint density at radius 1 is 1.19 bits per heavy atom. The molecule has 0 bridgehead atoms. The van der Waals surface area contributed by atoms with Crippen molar-refractivity contribution in [1.29, 1.82) is 0 Å². The molecular formula is C15H24N2O2S2. The van der Waals surface area contributed by atoms with Gasteiger partial charge in [0.2, 0.25) is 10.0 Å². The molecule has 118 valence electrons. The van der Waals surface area contributed by atoms with Gasteiger partial charge in [0.25, 0.3) is 0 Å². The molecule has 1 aromatic rings. The van der Waals surface area contributed by atoms with E-state index in [1.807, 2.05) is 37.7 Å². The lowest BCUT2D eigenvalue weighted by molar-refractivity contribution is 0.443. The summed E-state index contributed by atoms with van der Waals surface area (Å²) in [6.45, 7) is 8.00. The molecule has 1 aliphatic heterocycles. The first-order valence-corrected chi connectivity index (χ1v) is 9.99. The van der Waals surface area contributed by atoms with Gasteiger partial charge in [0.15, 0.2) is 0 Å². The molecule has 0 unspecified atom stereocenters. The van der Waals surface area contributed by atoms with Crippen LogP contribution in [0.25, 0.3) is 0 Å². The molecule has 21 heavy (non-hydrogen) atoms. The minimum Gasteiger partial charge on any atom is -0.385 e. The third-order valence-electron chi connectivity index (χ3n) is 3.61. The Balaban J connectivity index is 2.34. The molecular weight excluding hydrogens is 304 g/mol. The van der Waals surface area contributed by atoms with E-state index in [0.29, 0.717) is 18.0 Å². The molecule has 0 radical (unpaired) electrons. The summed E-state index contributed by atoms with van der Waals surface area (Å²) in [6, 6.07) is 3.88. The van der Waals surface area contributed by atoms with Crippen LogP contribution in [-0.4, -0.2) is 43.9 Å². The highest BCUT2D eigenvalue weighted by Gasteiger charge is 2.29. The van der Waals surface area contributed by atoms with E-state index >= 15 is 0 Å². The summed E-state index contributed by atoms with van der Waals surface area (Å²) in [7, 11) is -3.37. The van der Waals surface area contributed by atoms with Crippen molar-refractivity contribution >= 4 is 27.5 Å². The molecule has 0 atom stereocenters. The molecule has 6 heteroatoms. The maximum Gasteiger partial charge on any atom is 0.243 e. The largest absolute Gasteiger partial charge is 0.385 e. The summed E-state index contributed by atoms with van der Waals surface area (Å²) in [5, 5.41) is 3.32. The average molecular weight is 329 g/mol. The molecule has 1 fully saturated rings. The molecule has 1 saturated heterocycles. The Bertz CT molecular complexity index is 571. The molecule has 0 amide bonds. The van der Waals surface area contributed by atoms with E-state index < -0.39 is 10.0 Å². The van der Waals surface area contributed by atoms with Gasteiger partial charge in [-0.3, -0.25) is 0 Å². The average Bonchev–Trinajstić information content (AvgIpc) is 2.45. The van der Waals surface area contributed by atoms with Gasteiger partial charge in [0.05, 0.1) is 4.90 Å². The number of sulfonamides is 1. The Kier molecular flexibility index (Phi) is 5.57. The highest BCUT2D eigenvalue weighted by atomic mass is 32.2. The standard InChI is InChI=1S/C15H24N2O2S2/c1-4-5-16-14-10-12(2)15(13(3)11-14)21(18,19)17-6-8-20-9-7-17/h10-11,16H,4-9H2,1-3H3. The molecule has 4 nitrogen and oxygen atoms in total. The van der Waals surface area contributed by atoms with Gasteiger partial charge in [0.1, 0.15) is 0 Å². The third-order valence-corrected chi connectivity index (χ3v) is 6.75. The van der Waals surface area contributed by atoms with E-state index in [2.05, 4.69) is 12.2 Å². The first-order valence-electron chi connectivity index (χ1n) is 7.40. The number of nitrogens with one attached hydrogen (secondary N) is 1. The number of aryl methyl sites for hydroxylation is 2. The second-order valence-corrected chi connectivity index (χ2v) is 8.48. The lowest BCUT2D eigenvalue weighted by atomic mass is 10.1. The number of rotatable bonds is 5. The monoisotopic (exact) mass is 328 g/mol. The van der Waals surface area contributed by atoms with Crippen molar-refractivity contribution < 1.29 is 8.42 Å². The Morgan fingerprint density at radius 2 is 1.76 bits per heavy atom. The van der Waals surface area contributed by atoms with Crippen molar-refractivity contribution in [2.45, 2.75) is 32.1 Å². The van der Waals surface area contributed by atoms with E-state index in [1.54, 1.807) is 4.31 Å². The minimum absolute atomic E-state index is 0.483. The zero-order valence-corrected chi connectivity index (χ0v) is 14.6. The van der Waals surface area contributed by atoms with Crippen molar-refractivity contribution in [3.05, 3.63) is 23.3 Å². The van der Waals surface area contributed by atoms with Gasteiger partial charge in [-0.05, 0) is 43.5 Å². The zero-order chi connectivity index (χ0) is 15.5. The van der Waals surface area contributed by atoms with Crippen molar-refractivity contribution in [3.8, 4) is 0 Å². The van der Waals surface area contributed by atoms with Crippen LogP contribution in [0.5, 0.6) is 0 Å². The van der Waals surface area contributed by atoms with E-state index in [9.17, 15) is 8.42 Å². The number of anilines is 1. The number of hydrogen-bond donors (Lipinski definition) is 1. The van der Waals surface area contributed by atoms with E-state index in [1.165, 1.54) is 0 Å². The van der Waals surface area contributed by atoms with E-state index in [0.717, 1.165) is 41.3 Å². The first kappa shape index (κ1) is 16.6. The van der Waals surface area contributed by atoms with Crippen molar-refractivity contribution in [2.75, 3.05) is 36.5 Å². The SMILES string of the molecule is CCCNc1cc(C)c(S(=O)(=O)N2CCSCC2)c(C)c1. The summed E-state index contributed by atoms with van der Waals surface area (Å²) < 4.78 is 27.3. The summed E-state index contributed by atoms with van der Waals surface area (Å²) in [6.07, 6.45) is 1.05. The van der Waals surface area contributed by atoms with Crippen LogP contribution in [0.3, 0.4) is 0 Å². The zero-order valence-electron chi connectivity index (χ0n) is 13.0. The molecule has 0 spiro atoms. The van der Waals surface area contributed by atoms with Crippen LogP contribution in [0, 0.1) is 13.8 Å². The van der Waals surface area contributed by atoms with Crippen LogP contribution >= 0.6 is 11.8 Å². The van der Waals surface area contributed by atoms with Crippen LogP contribution < -0.4 is 5.32 Å². The van der Waals surface area contributed by atoms with Crippen molar-refractivity contribution in [2.24, 2.45) is 0 Å². The van der Waals surface area contributed by atoms with E-state index in [4.69, 9.17) is 0 Å². The smallest absolute Gasteiger partial charge is 0.243 e. The van der Waals surface area contributed by atoms with Gasteiger partial charge in [-0.25, -0.2) is 8.42 Å². The maximum atomic E-state index is 12.9. The lowest BCUT2D eigenvalue weighted by Crippen LogP contribution is -2.38. The van der Waals surface area contributed by atoms with Gasteiger partial charge in [0, 0.05) is 36.8 Å². The summed E-state index contributed by atoms with van der Waals surface area (Å²) in [5.74, 6) is 1.76. The van der Waals surface area contributed by atoms with Crippen LogP contribution in [0.15, 0.2) is 17.0 Å². The fourth-order valence-corrected chi connectivity index (χ4v) is 5.63. The molecule has 1 heterocycles. The molecule has 2 rings (SSSR count). The van der Waals surface area contributed by atoms with E-state index in [-0.39, 0.29) is 0 Å². The number of hydrogen-bond acceptors (Lipinski definition) is 4. The number of nitrogens with zero attached hydrogens (tertiary/aromatic N) is 1. The van der Waals surface area contributed by atoms with Gasteiger partial charge >= 0.3 is 0 Å². The van der Waals surface area contributed by atoms with Gasteiger partial charge in [-0.1, -0.05) is 6.92 Å². The third kappa shape index (κ3) is 3.73. The van der Waals surface area contributed by atoms with Gasteiger partial charge < -0.3 is 5.32 Å². The Labute approximate surface area is 132 Å². The van der Waals surface area contributed by atoms with Gasteiger partial charge in [-0.15, -0.1) is 0 Å². The molecule has 1 N–H and O–H groups in total. The highest BCUT2D eigenvalue weighted by Crippen LogP contribution is 2.28. The Hall–Kier alpha value is -0.720. The van der Waals surface area contributed by atoms with Crippen LogP contribution in [-0.2, 0) is 10.0 Å². The summed E-state index contributed by atoms with van der Waals surface area (Å²) in [4.78, 5) is 0.483.